The molecule has 0 bridgehead atoms. The van der Waals surface area contributed by atoms with Crippen molar-refractivity contribution in [3.05, 3.63) is 23.3 Å². The first-order valence-corrected chi connectivity index (χ1v) is 7.89. The van der Waals surface area contributed by atoms with Gasteiger partial charge in [0.05, 0.1) is 11.4 Å². The maximum Gasteiger partial charge on any atom is 0.217 e. The molecule has 2 aromatic heterocycles. The monoisotopic (exact) mass is 307 g/mol. The number of carbonyl (C=O) groups excluding carboxylic acids is 1. The van der Waals surface area contributed by atoms with Crippen LogP contribution < -0.4 is 5.73 Å². The minimum Gasteiger partial charge on any atom is -0.370 e. The summed E-state index contributed by atoms with van der Waals surface area (Å²) in [6.45, 7) is 1.90. The number of hydrogen-bond donors (Lipinski definition) is 1. The quantitative estimate of drug-likeness (QED) is 0.780. The molecule has 8 heteroatoms. The predicted molar refractivity (Wildman–Crippen MR) is 76.6 cm³/mol. The average molecular weight is 307 g/mol. The molecule has 7 nitrogen and oxygen atoms in total. The fourth-order valence-corrected chi connectivity index (χ4v) is 3.03. The first kappa shape index (κ1) is 14.1. The zero-order valence-corrected chi connectivity index (χ0v) is 12.6. The second-order valence-corrected chi connectivity index (χ2v) is 6.13. The number of aromatic nitrogens is 4. The summed E-state index contributed by atoms with van der Waals surface area (Å²) in [6, 6.07) is 2.38. The number of nitrogens with zero attached hydrogens (tertiary/aromatic N) is 4. The predicted octanol–water partition coefficient (Wildman–Crippen LogP) is 1.62. The summed E-state index contributed by atoms with van der Waals surface area (Å²) in [5.41, 5.74) is 6.08. The van der Waals surface area contributed by atoms with E-state index >= 15 is 0 Å². The van der Waals surface area contributed by atoms with Gasteiger partial charge in [-0.25, -0.2) is 0 Å². The van der Waals surface area contributed by atoms with Crippen molar-refractivity contribution in [1.82, 2.24) is 19.9 Å². The molecule has 1 aliphatic rings. The third kappa shape index (κ3) is 3.44. The highest BCUT2D eigenvalue weighted by Gasteiger charge is 2.29. The van der Waals surface area contributed by atoms with E-state index in [1.165, 1.54) is 0 Å². The average Bonchev–Trinajstić information content (AvgIpc) is 3.07. The smallest absolute Gasteiger partial charge is 0.217 e. The molecule has 1 amide bonds. The molecule has 2 N–H and O–H groups in total. The van der Waals surface area contributed by atoms with Crippen molar-refractivity contribution in [3.8, 4) is 0 Å². The first-order chi connectivity index (χ1) is 10.1. The zero-order chi connectivity index (χ0) is 14.8. The van der Waals surface area contributed by atoms with E-state index < -0.39 is 0 Å². The summed E-state index contributed by atoms with van der Waals surface area (Å²) >= 11 is 1.58. The molecular formula is C13H17N5O2S. The number of primary amides is 1. The van der Waals surface area contributed by atoms with Gasteiger partial charge in [0.2, 0.25) is 5.91 Å². The van der Waals surface area contributed by atoms with Gasteiger partial charge in [-0.3, -0.25) is 4.79 Å². The molecule has 112 valence electrons. The summed E-state index contributed by atoms with van der Waals surface area (Å²) < 4.78 is 7.33. The molecule has 0 saturated heterocycles. The fraction of sp³-hybridized carbons (Fsp3) is 0.538. The van der Waals surface area contributed by atoms with E-state index in [4.69, 9.17) is 10.3 Å². The van der Waals surface area contributed by atoms with Crippen molar-refractivity contribution in [2.75, 3.05) is 0 Å². The highest BCUT2D eigenvalue weighted by molar-refractivity contribution is 7.98. The number of amides is 1. The summed E-state index contributed by atoms with van der Waals surface area (Å²) in [5, 5.41) is 13.2. The zero-order valence-electron chi connectivity index (χ0n) is 11.8. The Bertz CT molecular complexity index is 647. The lowest BCUT2D eigenvalue weighted by molar-refractivity contribution is -0.118. The van der Waals surface area contributed by atoms with E-state index in [-0.39, 0.29) is 5.91 Å². The van der Waals surface area contributed by atoms with Crippen molar-refractivity contribution in [1.29, 1.82) is 0 Å². The highest BCUT2D eigenvalue weighted by Crippen LogP contribution is 2.39. The number of carbonyl (C=O) groups is 1. The molecule has 0 unspecified atom stereocenters. The standard InChI is InChI=1S/C13H17N5O2S/c1-8-6-10(20-17-8)7-21-13-16-15-12(5-4-11(14)19)18(13)9-2-3-9/h6,9H,2-5,7H2,1H3,(H2,14,19). The van der Waals surface area contributed by atoms with Crippen LogP contribution in [0.4, 0.5) is 0 Å². The molecule has 0 radical (unpaired) electrons. The summed E-state index contributed by atoms with van der Waals surface area (Å²) in [5.74, 6) is 2.02. The van der Waals surface area contributed by atoms with Crippen molar-refractivity contribution in [2.24, 2.45) is 5.73 Å². The number of thioether (sulfide) groups is 1. The van der Waals surface area contributed by atoms with Crippen LogP contribution in [-0.2, 0) is 17.0 Å². The van der Waals surface area contributed by atoms with Gasteiger partial charge in [0, 0.05) is 24.9 Å². The number of rotatable bonds is 7. The molecular weight excluding hydrogens is 290 g/mol. The Hall–Kier alpha value is -1.83. The summed E-state index contributed by atoms with van der Waals surface area (Å²) in [4.78, 5) is 10.9. The lowest BCUT2D eigenvalue weighted by Crippen LogP contribution is -2.13. The Labute approximate surface area is 126 Å². The fourth-order valence-electron chi connectivity index (χ4n) is 2.13. The van der Waals surface area contributed by atoms with Crippen LogP contribution in [0.3, 0.4) is 0 Å². The lowest BCUT2D eigenvalue weighted by Gasteiger charge is -2.07. The summed E-state index contributed by atoms with van der Waals surface area (Å²) in [7, 11) is 0. The molecule has 0 spiro atoms. The molecule has 0 aliphatic heterocycles. The molecule has 3 rings (SSSR count). The van der Waals surface area contributed by atoms with E-state index in [0.29, 0.717) is 24.6 Å². The SMILES string of the molecule is Cc1cc(CSc2nnc(CCC(N)=O)n2C2CC2)on1. The van der Waals surface area contributed by atoms with Gasteiger partial charge in [-0.05, 0) is 19.8 Å². The normalized spacial score (nSPS) is 14.5. The molecule has 1 fully saturated rings. The van der Waals surface area contributed by atoms with E-state index in [1.54, 1.807) is 11.8 Å². The Morgan fingerprint density at radius 2 is 2.33 bits per heavy atom. The van der Waals surface area contributed by atoms with Crippen LogP contribution in [-0.4, -0.2) is 25.8 Å². The van der Waals surface area contributed by atoms with Gasteiger partial charge in [-0.2, -0.15) is 0 Å². The van der Waals surface area contributed by atoms with Crippen LogP contribution in [0.15, 0.2) is 15.7 Å². The molecule has 1 aliphatic carbocycles. The summed E-state index contributed by atoms with van der Waals surface area (Å²) in [6.07, 6.45) is 3.12. The molecule has 1 saturated carbocycles. The van der Waals surface area contributed by atoms with Crippen molar-refractivity contribution >= 4 is 17.7 Å². The molecule has 2 aromatic rings. The highest BCUT2D eigenvalue weighted by atomic mass is 32.2. The Kier molecular flexibility index (Phi) is 3.96. The van der Waals surface area contributed by atoms with E-state index in [1.807, 2.05) is 13.0 Å². The second kappa shape index (κ2) is 5.88. The van der Waals surface area contributed by atoms with E-state index in [0.717, 1.165) is 35.3 Å². The molecule has 2 heterocycles. The van der Waals surface area contributed by atoms with Gasteiger partial charge in [0.15, 0.2) is 5.16 Å². The van der Waals surface area contributed by atoms with Gasteiger partial charge in [-0.1, -0.05) is 16.9 Å². The van der Waals surface area contributed by atoms with Gasteiger partial charge in [0.25, 0.3) is 0 Å². The van der Waals surface area contributed by atoms with Gasteiger partial charge >= 0.3 is 0 Å². The number of hydrogen-bond acceptors (Lipinski definition) is 6. The molecule has 21 heavy (non-hydrogen) atoms. The molecule has 0 atom stereocenters. The molecule has 0 aromatic carbocycles. The van der Waals surface area contributed by atoms with Crippen LogP contribution in [0.1, 0.15) is 42.6 Å². The van der Waals surface area contributed by atoms with E-state index in [2.05, 4.69) is 19.9 Å². The number of nitrogens with two attached hydrogens (primary N) is 1. The van der Waals surface area contributed by atoms with Crippen LogP contribution in [0.2, 0.25) is 0 Å². The van der Waals surface area contributed by atoms with Crippen LogP contribution in [0.25, 0.3) is 0 Å². The number of aryl methyl sites for hydroxylation is 2. The van der Waals surface area contributed by atoms with Crippen LogP contribution in [0, 0.1) is 6.92 Å². The van der Waals surface area contributed by atoms with Crippen LogP contribution in [0.5, 0.6) is 0 Å². The lowest BCUT2D eigenvalue weighted by atomic mass is 10.3. The second-order valence-electron chi connectivity index (χ2n) is 5.19. The van der Waals surface area contributed by atoms with Crippen molar-refractivity contribution in [2.45, 2.75) is 49.6 Å². The third-order valence-electron chi connectivity index (χ3n) is 3.26. The minimum absolute atomic E-state index is 0.302. The Morgan fingerprint density at radius 1 is 1.52 bits per heavy atom. The van der Waals surface area contributed by atoms with Crippen LogP contribution >= 0.6 is 11.8 Å². The van der Waals surface area contributed by atoms with Gasteiger partial charge < -0.3 is 14.8 Å². The van der Waals surface area contributed by atoms with Gasteiger partial charge in [-0.15, -0.1) is 10.2 Å². The maximum atomic E-state index is 10.9. The first-order valence-electron chi connectivity index (χ1n) is 6.90. The topological polar surface area (TPSA) is 99.8 Å². The van der Waals surface area contributed by atoms with Gasteiger partial charge in [0.1, 0.15) is 11.6 Å². The largest absolute Gasteiger partial charge is 0.370 e. The van der Waals surface area contributed by atoms with Crippen molar-refractivity contribution in [3.63, 3.8) is 0 Å². The maximum absolute atomic E-state index is 10.9. The third-order valence-corrected chi connectivity index (χ3v) is 4.23. The minimum atomic E-state index is -0.313. The Morgan fingerprint density at radius 3 is 2.95 bits per heavy atom. The van der Waals surface area contributed by atoms with Crippen molar-refractivity contribution < 1.29 is 9.32 Å². The Balaban J connectivity index is 1.70. The van der Waals surface area contributed by atoms with E-state index in [9.17, 15) is 4.79 Å².